The van der Waals surface area contributed by atoms with Gasteiger partial charge in [-0.25, -0.2) is 0 Å². The van der Waals surface area contributed by atoms with Crippen LogP contribution in [0.2, 0.25) is 5.02 Å². The van der Waals surface area contributed by atoms with E-state index in [9.17, 15) is 10.1 Å². The van der Waals surface area contributed by atoms with E-state index >= 15 is 0 Å². The van der Waals surface area contributed by atoms with Crippen LogP contribution in [0.5, 0.6) is 11.5 Å². The summed E-state index contributed by atoms with van der Waals surface area (Å²) in [7, 11) is 3.03. The molecule has 3 aromatic rings. The number of aromatic nitrogens is 2. The van der Waals surface area contributed by atoms with Gasteiger partial charge in [0, 0.05) is 16.8 Å². The van der Waals surface area contributed by atoms with Gasteiger partial charge in [-0.1, -0.05) is 11.6 Å². The Kier molecular flexibility index (Phi) is 5.84. The lowest BCUT2D eigenvalue weighted by Gasteiger charge is -2.13. The number of methoxy groups -OCH3 is 2. The van der Waals surface area contributed by atoms with Crippen LogP contribution >= 0.6 is 11.6 Å². The van der Waals surface area contributed by atoms with Crippen LogP contribution in [0.3, 0.4) is 0 Å². The molecule has 0 aliphatic carbocycles. The normalized spacial score (nSPS) is 10.3. The van der Waals surface area contributed by atoms with Crippen LogP contribution in [0.25, 0.3) is 0 Å². The van der Waals surface area contributed by atoms with Crippen LogP contribution in [-0.2, 0) is 0 Å². The lowest BCUT2D eigenvalue weighted by atomic mass is 10.2. The number of ether oxygens (including phenoxy) is 2. The Bertz CT molecular complexity index is 1050. The van der Waals surface area contributed by atoms with Crippen LogP contribution in [0.15, 0.2) is 42.5 Å². The summed E-state index contributed by atoms with van der Waals surface area (Å²) in [5, 5.41) is 17.8. The third-order valence-corrected chi connectivity index (χ3v) is 4.11. The van der Waals surface area contributed by atoms with Gasteiger partial charge in [-0.2, -0.15) is 9.97 Å². The molecule has 29 heavy (non-hydrogen) atoms. The van der Waals surface area contributed by atoms with Gasteiger partial charge in [0.2, 0.25) is 17.6 Å². The van der Waals surface area contributed by atoms with Crippen molar-refractivity contribution >= 4 is 46.2 Å². The number of nitrogens with zero attached hydrogens (tertiary/aromatic N) is 3. The van der Waals surface area contributed by atoms with Gasteiger partial charge in [-0.3, -0.25) is 10.1 Å². The monoisotopic (exact) mass is 416 g/mol. The third kappa shape index (κ3) is 4.55. The molecule has 0 atom stereocenters. The van der Waals surface area contributed by atoms with E-state index in [-0.39, 0.29) is 17.6 Å². The average Bonchev–Trinajstić information content (AvgIpc) is 2.69. The molecule has 2 aromatic carbocycles. The van der Waals surface area contributed by atoms with E-state index in [1.807, 2.05) is 0 Å². The van der Waals surface area contributed by atoms with E-state index in [1.165, 1.54) is 14.2 Å². The lowest BCUT2D eigenvalue weighted by molar-refractivity contribution is -0.383. The lowest BCUT2D eigenvalue weighted by Crippen LogP contribution is -2.09. The molecule has 0 fully saturated rings. The second-order valence-corrected chi connectivity index (χ2v) is 6.15. The predicted molar refractivity (Wildman–Crippen MR) is 111 cm³/mol. The van der Waals surface area contributed by atoms with E-state index in [0.717, 1.165) is 0 Å². The number of rotatable bonds is 7. The Morgan fingerprint density at radius 3 is 2.41 bits per heavy atom. The maximum Gasteiger partial charge on any atom is 0.353 e. The molecule has 0 unspecified atom stereocenters. The van der Waals surface area contributed by atoms with Crippen LogP contribution in [0, 0.1) is 10.1 Å². The van der Waals surface area contributed by atoms with Crippen LogP contribution in [0.4, 0.5) is 34.6 Å². The molecule has 0 spiro atoms. The zero-order chi connectivity index (χ0) is 21.0. The largest absolute Gasteiger partial charge is 0.497 e. The molecule has 0 saturated heterocycles. The highest BCUT2D eigenvalue weighted by atomic mass is 35.5. The number of hydrogen-bond acceptors (Lipinski definition) is 9. The average molecular weight is 417 g/mol. The highest BCUT2D eigenvalue weighted by Crippen LogP contribution is 2.35. The molecule has 1 heterocycles. The van der Waals surface area contributed by atoms with E-state index in [4.69, 9.17) is 26.8 Å². The summed E-state index contributed by atoms with van der Waals surface area (Å²) < 4.78 is 10.5. The highest BCUT2D eigenvalue weighted by Gasteiger charge is 2.24. The summed E-state index contributed by atoms with van der Waals surface area (Å²) in [6.45, 7) is 0. The second kappa shape index (κ2) is 8.48. The van der Waals surface area contributed by atoms with Gasteiger partial charge in [-0.15, -0.1) is 0 Å². The van der Waals surface area contributed by atoms with Crippen molar-refractivity contribution in [1.82, 2.24) is 9.97 Å². The number of nitrogen functional groups attached to an aromatic ring is 1. The fourth-order valence-electron chi connectivity index (χ4n) is 2.50. The Hall–Kier alpha value is -3.79. The summed E-state index contributed by atoms with van der Waals surface area (Å²) >= 11 is 5.88. The molecule has 0 saturated carbocycles. The van der Waals surface area contributed by atoms with Crippen molar-refractivity contribution in [3.8, 4) is 11.5 Å². The smallest absolute Gasteiger partial charge is 0.353 e. The number of anilines is 5. The van der Waals surface area contributed by atoms with E-state index in [0.29, 0.717) is 27.9 Å². The summed E-state index contributed by atoms with van der Waals surface area (Å²) in [5.41, 5.74) is 6.43. The minimum Gasteiger partial charge on any atom is -0.497 e. The minimum atomic E-state index is -0.649. The first-order valence-electron chi connectivity index (χ1n) is 8.24. The molecule has 3 rings (SSSR count). The van der Waals surface area contributed by atoms with Crippen LogP contribution < -0.4 is 25.8 Å². The number of nitrogens with two attached hydrogens (primary N) is 1. The van der Waals surface area contributed by atoms with E-state index in [2.05, 4.69) is 20.6 Å². The zero-order valence-electron chi connectivity index (χ0n) is 15.5. The van der Waals surface area contributed by atoms with E-state index in [1.54, 1.807) is 42.5 Å². The van der Waals surface area contributed by atoms with Crippen molar-refractivity contribution < 1.29 is 14.4 Å². The third-order valence-electron chi connectivity index (χ3n) is 3.85. The summed E-state index contributed by atoms with van der Waals surface area (Å²) in [5.74, 6) is 0.734. The molecular weight excluding hydrogens is 400 g/mol. The Labute approximate surface area is 170 Å². The molecule has 0 amide bonds. The van der Waals surface area contributed by atoms with Gasteiger partial charge in [-0.05, 0) is 36.4 Å². The zero-order valence-corrected chi connectivity index (χ0v) is 16.2. The summed E-state index contributed by atoms with van der Waals surface area (Å²) in [4.78, 5) is 19.0. The minimum absolute atomic E-state index is 0.0381. The Morgan fingerprint density at radius 2 is 1.79 bits per heavy atom. The first-order chi connectivity index (χ1) is 13.9. The van der Waals surface area contributed by atoms with E-state index < -0.39 is 10.6 Å². The maximum atomic E-state index is 11.5. The van der Waals surface area contributed by atoms with Gasteiger partial charge >= 0.3 is 5.69 Å². The Balaban J connectivity index is 2.01. The molecule has 11 heteroatoms. The predicted octanol–water partition coefficient (Wildman–Crippen LogP) is 4.12. The molecule has 150 valence electrons. The Morgan fingerprint density at radius 1 is 1.07 bits per heavy atom. The molecule has 0 bridgehead atoms. The topological polar surface area (TPSA) is 137 Å². The molecule has 0 aliphatic rings. The van der Waals surface area contributed by atoms with Gasteiger partial charge in [0.15, 0.2) is 0 Å². The van der Waals surface area contributed by atoms with Gasteiger partial charge in [0.05, 0.1) is 24.8 Å². The fraction of sp³-hybridized carbons (Fsp3) is 0.111. The first kappa shape index (κ1) is 20.0. The highest BCUT2D eigenvalue weighted by molar-refractivity contribution is 6.30. The van der Waals surface area contributed by atoms with Crippen molar-refractivity contribution in [3.05, 3.63) is 57.6 Å². The molecular formula is C18H17ClN6O4. The number of benzene rings is 2. The van der Waals surface area contributed by atoms with Gasteiger partial charge in [0.1, 0.15) is 11.5 Å². The molecule has 0 radical (unpaired) electrons. The molecule has 0 aliphatic heterocycles. The molecule has 10 nitrogen and oxygen atoms in total. The van der Waals surface area contributed by atoms with Crippen molar-refractivity contribution in [2.75, 3.05) is 30.6 Å². The number of hydrogen-bond donors (Lipinski definition) is 3. The summed E-state index contributed by atoms with van der Waals surface area (Å²) in [6, 6.07) is 11.7. The number of nitrogens with one attached hydrogen (secondary N) is 2. The number of halogens is 1. The SMILES string of the molecule is COc1ccc(OC)c(Nc2nc(N)c([N+](=O)[O-])c(Nc3ccc(Cl)cc3)n2)c1. The molecule has 4 N–H and O–H groups in total. The fourth-order valence-corrected chi connectivity index (χ4v) is 2.62. The van der Waals surface area contributed by atoms with Crippen molar-refractivity contribution in [1.29, 1.82) is 0 Å². The van der Waals surface area contributed by atoms with Crippen LogP contribution in [-0.4, -0.2) is 29.1 Å². The van der Waals surface area contributed by atoms with Crippen molar-refractivity contribution in [3.63, 3.8) is 0 Å². The number of nitro groups is 1. The van der Waals surface area contributed by atoms with Crippen LogP contribution in [0.1, 0.15) is 0 Å². The second-order valence-electron chi connectivity index (χ2n) is 5.71. The molecule has 1 aromatic heterocycles. The quantitative estimate of drug-likeness (QED) is 0.383. The standard InChI is InChI=1S/C18H17ClN6O4/c1-28-12-7-8-14(29-2)13(9-12)22-18-23-16(20)15(25(26)27)17(24-18)21-11-5-3-10(19)4-6-11/h3-9H,1-2H3,(H4,20,21,22,23,24). The maximum absolute atomic E-state index is 11.5. The summed E-state index contributed by atoms with van der Waals surface area (Å²) in [6.07, 6.45) is 0. The van der Waals surface area contributed by atoms with Crippen molar-refractivity contribution in [2.24, 2.45) is 0 Å². The first-order valence-corrected chi connectivity index (χ1v) is 8.62. The van der Waals surface area contributed by atoms with Gasteiger partial charge in [0.25, 0.3) is 0 Å². The van der Waals surface area contributed by atoms with Gasteiger partial charge < -0.3 is 25.8 Å². The van der Waals surface area contributed by atoms with Crippen molar-refractivity contribution in [2.45, 2.75) is 0 Å².